The van der Waals surface area contributed by atoms with Gasteiger partial charge >= 0.3 is 6.18 Å². The number of halogens is 3. The summed E-state index contributed by atoms with van der Waals surface area (Å²) in [6.07, 6.45) is -3.52. The molecule has 2 aromatic carbocycles. The maximum Gasteiger partial charge on any atom is 0.416 e. The minimum Gasteiger partial charge on any atom is -0.302 e. The van der Waals surface area contributed by atoms with Crippen LogP contribution in [-0.4, -0.2) is 18.5 Å². The molecule has 0 heterocycles. The molecule has 112 valence electrons. The number of nitrogens with zero attached hydrogens (tertiary/aromatic N) is 1. The Bertz CT molecular complexity index is 546. The van der Waals surface area contributed by atoms with E-state index in [9.17, 15) is 13.2 Å². The Labute approximate surface area is 123 Å². The molecule has 0 amide bonds. The number of rotatable bonds is 5. The summed E-state index contributed by atoms with van der Waals surface area (Å²) in [7, 11) is 2.01. The molecule has 0 bridgehead atoms. The van der Waals surface area contributed by atoms with Gasteiger partial charge in [0.2, 0.25) is 0 Å². The molecule has 2 aromatic rings. The van der Waals surface area contributed by atoms with E-state index < -0.39 is 11.7 Å². The molecule has 0 saturated heterocycles. The van der Waals surface area contributed by atoms with E-state index >= 15 is 0 Å². The van der Waals surface area contributed by atoms with Crippen molar-refractivity contribution in [2.24, 2.45) is 0 Å². The molecule has 0 fully saturated rings. The van der Waals surface area contributed by atoms with E-state index in [0.29, 0.717) is 0 Å². The average molecular weight is 293 g/mol. The highest BCUT2D eigenvalue weighted by molar-refractivity contribution is 5.24. The van der Waals surface area contributed by atoms with Gasteiger partial charge in [-0.25, -0.2) is 0 Å². The Morgan fingerprint density at radius 2 is 1.48 bits per heavy atom. The quantitative estimate of drug-likeness (QED) is 0.790. The van der Waals surface area contributed by atoms with Gasteiger partial charge in [0.15, 0.2) is 0 Å². The van der Waals surface area contributed by atoms with Crippen LogP contribution in [0.5, 0.6) is 0 Å². The van der Waals surface area contributed by atoms with Crippen LogP contribution in [-0.2, 0) is 19.1 Å². The van der Waals surface area contributed by atoms with Crippen molar-refractivity contribution in [2.45, 2.75) is 19.1 Å². The van der Waals surface area contributed by atoms with E-state index in [-0.39, 0.29) is 0 Å². The second-order valence-corrected chi connectivity index (χ2v) is 5.17. The predicted molar refractivity (Wildman–Crippen MR) is 77.9 cm³/mol. The molecule has 0 saturated carbocycles. The molecule has 0 spiro atoms. The Morgan fingerprint density at radius 1 is 0.857 bits per heavy atom. The molecule has 0 aliphatic carbocycles. The number of hydrogen-bond donors (Lipinski definition) is 0. The van der Waals surface area contributed by atoms with Crippen LogP contribution < -0.4 is 0 Å². The van der Waals surface area contributed by atoms with Gasteiger partial charge in [-0.15, -0.1) is 0 Å². The molecular formula is C17H18F3N. The van der Waals surface area contributed by atoms with Gasteiger partial charge < -0.3 is 4.90 Å². The van der Waals surface area contributed by atoms with Crippen molar-refractivity contribution >= 4 is 0 Å². The molecule has 0 aliphatic rings. The molecule has 0 radical (unpaired) electrons. The van der Waals surface area contributed by atoms with E-state index in [1.807, 2.05) is 25.2 Å². The third-order valence-electron chi connectivity index (χ3n) is 3.36. The second-order valence-electron chi connectivity index (χ2n) is 5.17. The molecule has 0 atom stereocenters. The Balaban J connectivity index is 1.85. The standard InChI is InChI=1S/C17H18F3N/c1-21(13-15-5-3-2-4-6-15)12-11-14-7-9-16(10-8-14)17(18,19)20/h2-10H,11-13H2,1H3. The summed E-state index contributed by atoms with van der Waals surface area (Å²) in [5.41, 5.74) is 1.55. The normalized spacial score (nSPS) is 11.9. The lowest BCUT2D eigenvalue weighted by Gasteiger charge is -2.17. The minimum absolute atomic E-state index is 0.594. The fourth-order valence-electron chi connectivity index (χ4n) is 2.15. The highest BCUT2D eigenvalue weighted by Gasteiger charge is 2.29. The topological polar surface area (TPSA) is 3.24 Å². The first kappa shape index (κ1) is 15.6. The van der Waals surface area contributed by atoms with E-state index in [1.165, 1.54) is 5.56 Å². The van der Waals surface area contributed by atoms with E-state index in [2.05, 4.69) is 17.0 Å². The van der Waals surface area contributed by atoms with Crippen LogP contribution >= 0.6 is 0 Å². The zero-order valence-electron chi connectivity index (χ0n) is 11.9. The number of likely N-dealkylation sites (N-methyl/N-ethyl adjacent to an activating group) is 1. The van der Waals surface area contributed by atoms with Gasteiger partial charge in [0.1, 0.15) is 0 Å². The maximum absolute atomic E-state index is 12.5. The molecule has 0 N–H and O–H groups in total. The van der Waals surface area contributed by atoms with Crippen LogP contribution in [0.25, 0.3) is 0 Å². The molecule has 0 aliphatic heterocycles. The summed E-state index contributed by atoms with van der Waals surface area (Å²) >= 11 is 0. The van der Waals surface area contributed by atoms with Gasteiger partial charge in [-0.3, -0.25) is 0 Å². The van der Waals surface area contributed by atoms with Crippen LogP contribution in [0.2, 0.25) is 0 Å². The number of alkyl halides is 3. The fraction of sp³-hybridized carbons (Fsp3) is 0.294. The monoisotopic (exact) mass is 293 g/mol. The van der Waals surface area contributed by atoms with Crippen LogP contribution in [0, 0.1) is 0 Å². The van der Waals surface area contributed by atoms with Gasteiger partial charge in [-0.2, -0.15) is 13.2 Å². The zero-order chi connectivity index (χ0) is 15.3. The number of hydrogen-bond acceptors (Lipinski definition) is 1. The van der Waals surface area contributed by atoms with Crippen LogP contribution in [0.4, 0.5) is 13.2 Å². The summed E-state index contributed by atoms with van der Waals surface area (Å²) in [5, 5.41) is 0. The van der Waals surface area contributed by atoms with Crippen molar-refractivity contribution in [2.75, 3.05) is 13.6 Å². The van der Waals surface area contributed by atoms with Gasteiger partial charge in [0, 0.05) is 13.1 Å². The Morgan fingerprint density at radius 3 is 2.05 bits per heavy atom. The van der Waals surface area contributed by atoms with Crippen LogP contribution in [0.15, 0.2) is 54.6 Å². The van der Waals surface area contributed by atoms with Crippen molar-refractivity contribution in [3.8, 4) is 0 Å². The zero-order valence-corrected chi connectivity index (χ0v) is 11.9. The van der Waals surface area contributed by atoms with Crippen molar-refractivity contribution in [1.29, 1.82) is 0 Å². The summed E-state index contributed by atoms with van der Waals surface area (Å²) in [6.45, 7) is 1.64. The molecule has 2 rings (SSSR count). The summed E-state index contributed by atoms with van der Waals surface area (Å²) in [4.78, 5) is 2.16. The molecule has 0 unspecified atom stereocenters. The van der Waals surface area contributed by atoms with E-state index in [1.54, 1.807) is 12.1 Å². The summed E-state index contributed by atoms with van der Waals surface area (Å²) in [5.74, 6) is 0. The minimum atomic E-state index is -4.26. The first-order valence-corrected chi connectivity index (χ1v) is 6.84. The van der Waals surface area contributed by atoms with Gasteiger partial charge in [-0.1, -0.05) is 42.5 Å². The summed E-state index contributed by atoms with van der Waals surface area (Å²) < 4.78 is 37.4. The predicted octanol–water partition coefficient (Wildman–Crippen LogP) is 4.38. The van der Waals surface area contributed by atoms with Crippen molar-refractivity contribution < 1.29 is 13.2 Å². The second kappa shape index (κ2) is 6.76. The molecule has 4 heteroatoms. The maximum atomic E-state index is 12.5. The third kappa shape index (κ3) is 4.90. The van der Waals surface area contributed by atoms with Crippen molar-refractivity contribution in [1.82, 2.24) is 4.90 Å². The first-order chi connectivity index (χ1) is 9.95. The Hall–Kier alpha value is -1.81. The lowest BCUT2D eigenvalue weighted by molar-refractivity contribution is -0.137. The first-order valence-electron chi connectivity index (χ1n) is 6.84. The van der Waals surface area contributed by atoms with Gasteiger partial charge in [0.25, 0.3) is 0 Å². The summed E-state index contributed by atoms with van der Waals surface area (Å²) in [6, 6.07) is 15.5. The van der Waals surface area contributed by atoms with E-state index in [0.717, 1.165) is 37.2 Å². The van der Waals surface area contributed by atoms with Gasteiger partial charge in [0.05, 0.1) is 5.56 Å². The SMILES string of the molecule is CN(CCc1ccc(C(F)(F)F)cc1)Cc1ccccc1. The Kier molecular flexibility index (Phi) is 5.02. The highest BCUT2D eigenvalue weighted by atomic mass is 19.4. The average Bonchev–Trinajstić information content (AvgIpc) is 2.46. The molecule has 0 aromatic heterocycles. The highest BCUT2D eigenvalue weighted by Crippen LogP contribution is 2.29. The van der Waals surface area contributed by atoms with E-state index in [4.69, 9.17) is 0 Å². The third-order valence-corrected chi connectivity index (χ3v) is 3.36. The van der Waals surface area contributed by atoms with Crippen molar-refractivity contribution in [3.63, 3.8) is 0 Å². The largest absolute Gasteiger partial charge is 0.416 e. The lowest BCUT2D eigenvalue weighted by atomic mass is 10.1. The number of benzene rings is 2. The van der Waals surface area contributed by atoms with Crippen LogP contribution in [0.3, 0.4) is 0 Å². The van der Waals surface area contributed by atoms with Crippen molar-refractivity contribution in [3.05, 3.63) is 71.3 Å². The van der Waals surface area contributed by atoms with Crippen LogP contribution in [0.1, 0.15) is 16.7 Å². The molecular weight excluding hydrogens is 275 g/mol. The lowest BCUT2D eigenvalue weighted by Crippen LogP contribution is -2.20. The smallest absolute Gasteiger partial charge is 0.302 e. The van der Waals surface area contributed by atoms with Gasteiger partial charge in [-0.05, 0) is 36.7 Å². The molecule has 21 heavy (non-hydrogen) atoms. The fourth-order valence-corrected chi connectivity index (χ4v) is 2.15. The molecule has 1 nitrogen and oxygen atoms in total.